The second-order valence-electron chi connectivity index (χ2n) is 5.69. The number of ether oxygens (including phenoxy) is 1. The summed E-state index contributed by atoms with van der Waals surface area (Å²) in [5, 5.41) is 10.8. The first-order chi connectivity index (χ1) is 13.1. The Morgan fingerprint density at radius 2 is 2.07 bits per heavy atom. The number of halogens is 1. The first-order valence-corrected chi connectivity index (χ1v) is 8.65. The molecule has 2 N–H and O–H groups in total. The Balaban J connectivity index is 1.55. The SMILES string of the molecule is COc1ccc(Cl)cc1C(=O)NCCNc1cc(-n2ccc(C)n2)ncn1. The molecule has 0 spiro atoms. The van der Waals surface area contributed by atoms with Crippen LogP contribution in [0.5, 0.6) is 5.75 Å². The first kappa shape index (κ1) is 18.7. The Morgan fingerprint density at radius 1 is 1.22 bits per heavy atom. The molecule has 2 heterocycles. The maximum Gasteiger partial charge on any atom is 0.255 e. The van der Waals surface area contributed by atoms with Crippen LogP contribution in [0.3, 0.4) is 0 Å². The summed E-state index contributed by atoms with van der Waals surface area (Å²) < 4.78 is 6.87. The Labute approximate surface area is 161 Å². The van der Waals surface area contributed by atoms with Crippen molar-refractivity contribution in [3.05, 3.63) is 59.1 Å². The fourth-order valence-electron chi connectivity index (χ4n) is 2.43. The van der Waals surface area contributed by atoms with Crippen molar-refractivity contribution in [1.29, 1.82) is 0 Å². The average molecular weight is 387 g/mol. The number of hydrogen-bond donors (Lipinski definition) is 2. The Kier molecular flexibility index (Phi) is 5.87. The van der Waals surface area contributed by atoms with Crippen LogP contribution in [0.25, 0.3) is 5.82 Å². The predicted octanol–water partition coefficient (Wildman–Crippen LogP) is 2.47. The second kappa shape index (κ2) is 8.50. The number of anilines is 1. The quantitative estimate of drug-likeness (QED) is 0.606. The number of nitrogens with one attached hydrogen (secondary N) is 2. The van der Waals surface area contributed by atoms with Crippen LogP contribution in [0.4, 0.5) is 5.82 Å². The highest BCUT2D eigenvalue weighted by atomic mass is 35.5. The van der Waals surface area contributed by atoms with E-state index in [1.807, 2.05) is 19.2 Å². The third-order valence-electron chi connectivity index (χ3n) is 3.73. The van der Waals surface area contributed by atoms with Crippen molar-refractivity contribution in [3.63, 3.8) is 0 Å². The number of aryl methyl sites for hydroxylation is 1. The topological polar surface area (TPSA) is 94.0 Å². The van der Waals surface area contributed by atoms with Crippen molar-refractivity contribution in [2.24, 2.45) is 0 Å². The molecule has 3 rings (SSSR count). The van der Waals surface area contributed by atoms with Gasteiger partial charge in [-0.15, -0.1) is 0 Å². The monoisotopic (exact) mass is 386 g/mol. The number of hydrogen-bond acceptors (Lipinski definition) is 6. The number of methoxy groups -OCH3 is 1. The van der Waals surface area contributed by atoms with E-state index in [9.17, 15) is 4.79 Å². The van der Waals surface area contributed by atoms with E-state index in [1.54, 1.807) is 28.9 Å². The van der Waals surface area contributed by atoms with Crippen LogP contribution in [-0.2, 0) is 0 Å². The van der Waals surface area contributed by atoms with Crippen molar-refractivity contribution < 1.29 is 9.53 Å². The largest absolute Gasteiger partial charge is 0.496 e. The zero-order valence-corrected chi connectivity index (χ0v) is 15.7. The van der Waals surface area contributed by atoms with Gasteiger partial charge in [0.05, 0.1) is 18.4 Å². The van der Waals surface area contributed by atoms with E-state index in [0.29, 0.717) is 41.1 Å². The minimum Gasteiger partial charge on any atom is -0.496 e. The van der Waals surface area contributed by atoms with Crippen molar-refractivity contribution in [2.45, 2.75) is 6.92 Å². The predicted molar refractivity (Wildman–Crippen MR) is 103 cm³/mol. The molecule has 2 aromatic heterocycles. The standard InChI is InChI=1S/C18H19ClN6O2/c1-12-5-8-25(24-12)17-10-16(22-11-23-17)20-6-7-21-18(26)14-9-13(19)3-4-15(14)27-2/h3-5,8-11H,6-7H2,1-2H3,(H,21,26)(H,20,22,23). The van der Waals surface area contributed by atoms with Crippen LogP contribution < -0.4 is 15.4 Å². The molecule has 8 nitrogen and oxygen atoms in total. The number of rotatable bonds is 7. The third-order valence-corrected chi connectivity index (χ3v) is 3.97. The molecule has 27 heavy (non-hydrogen) atoms. The highest BCUT2D eigenvalue weighted by Crippen LogP contribution is 2.22. The molecule has 0 bridgehead atoms. The summed E-state index contributed by atoms with van der Waals surface area (Å²) in [4.78, 5) is 20.7. The zero-order chi connectivity index (χ0) is 19.2. The number of benzene rings is 1. The minimum atomic E-state index is -0.258. The van der Waals surface area contributed by atoms with E-state index in [0.717, 1.165) is 5.69 Å². The molecular weight excluding hydrogens is 368 g/mol. The van der Waals surface area contributed by atoms with Gasteiger partial charge in [-0.3, -0.25) is 4.79 Å². The zero-order valence-electron chi connectivity index (χ0n) is 14.9. The fraction of sp³-hybridized carbons (Fsp3) is 0.222. The second-order valence-corrected chi connectivity index (χ2v) is 6.13. The molecule has 9 heteroatoms. The van der Waals surface area contributed by atoms with Gasteiger partial charge in [0.25, 0.3) is 5.91 Å². The summed E-state index contributed by atoms with van der Waals surface area (Å²) >= 11 is 5.96. The van der Waals surface area contributed by atoms with Gasteiger partial charge in [-0.2, -0.15) is 5.10 Å². The Morgan fingerprint density at radius 3 is 2.81 bits per heavy atom. The molecule has 0 unspecified atom stereocenters. The molecule has 1 amide bonds. The summed E-state index contributed by atoms with van der Waals surface area (Å²) in [5.74, 6) is 1.52. The highest BCUT2D eigenvalue weighted by Gasteiger charge is 2.12. The Hall–Kier alpha value is -3.13. The number of amides is 1. The molecule has 1 aromatic carbocycles. The van der Waals surface area contributed by atoms with Crippen LogP contribution in [0.15, 0.2) is 42.9 Å². The van der Waals surface area contributed by atoms with Crippen LogP contribution in [0.1, 0.15) is 16.1 Å². The molecule has 3 aromatic rings. The lowest BCUT2D eigenvalue weighted by atomic mass is 10.2. The number of carbonyl (C=O) groups is 1. The molecule has 0 saturated heterocycles. The van der Waals surface area contributed by atoms with Crippen molar-refractivity contribution in [2.75, 3.05) is 25.5 Å². The minimum absolute atomic E-state index is 0.258. The molecule has 0 radical (unpaired) electrons. The van der Waals surface area contributed by atoms with Gasteiger partial charge in [0.15, 0.2) is 5.82 Å². The van der Waals surface area contributed by atoms with E-state index in [4.69, 9.17) is 16.3 Å². The molecule has 0 fully saturated rings. The number of aromatic nitrogens is 4. The maximum atomic E-state index is 12.3. The van der Waals surface area contributed by atoms with Crippen LogP contribution in [0.2, 0.25) is 5.02 Å². The molecule has 0 aliphatic heterocycles. The molecular formula is C18H19ClN6O2. The molecule has 0 aliphatic carbocycles. The molecule has 0 aliphatic rings. The van der Waals surface area contributed by atoms with Gasteiger partial charge in [-0.25, -0.2) is 14.6 Å². The smallest absolute Gasteiger partial charge is 0.255 e. The lowest BCUT2D eigenvalue weighted by molar-refractivity contribution is 0.0952. The van der Waals surface area contributed by atoms with Crippen molar-refractivity contribution >= 4 is 23.3 Å². The summed E-state index contributed by atoms with van der Waals surface area (Å²) in [6.45, 7) is 2.80. The lowest BCUT2D eigenvalue weighted by Crippen LogP contribution is -2.29. The fourth-order valence-corrected chi connectivity index (χ4v) is 2.60. The maximum absolute atomic E-state index is 12.3. The van der Waals surface area contributed by atoms with E-state index in [-0.39, 0.29) is 5.91 Å². The van der Waals surface area contributed by atoms with Gasteiger partial charge < -0.3 is 15.4 Å². The average Bonchev–Trinajstić information content (AvgIpc) is 3.11. The van der Waals surface area contributed by atoms with Gasteiger partial charge in [0.2, 0.25) is 0 Å². The molecule has 140 valence electrons. The molecule has 0 saturated carbocycles. The van der Waals surface area contributed by atoms with Gasteiger partial charge in [0.1, 0.15) is 17.9 Å². The van der Waals surface area contributed by atoms with E-state index in [2.05, 4.69) is 25.7 Å². The van der Waals surface area contributed by atoms with Gasteiger partial charge in [-0.1, -0.05) is 11.6 Å². The van der Waals surface area contributed by atoms with Crippen molar-refractivity contribution in [1.82, 2.24) is 25.1 Å². The Bertz CT molecular complexity index is 943. The third kappa shape index (κ3) is 4.73. The summed E-state index contributed by atoms with van der Waals surface area (Å²) in [5.41, 5.74) is 1.30. The summed E-state index contributed by atoms with van der Waals surface area (Å²) in [6, 6.07) is 8.59. The van der Waals surface area contributed by atoms with Gasteiger partial charge in [0, 0.05) is 30.4 Å². The number of nitrogens with zero attached hydrogens (tertiary/aromatic N) is 4. The summed E-state index contributed by atoms with van der Waals surface area (Å²) in [6.07, 6.45) is 3.30. The number of carbonyl (C=O) groups excluding carboxylic acids is 1. The summed E-state index contributed by atoms with van der Waals surface area (Å²) in [7, 11) is 1.51. The lowest BCUT2D eigenvalue weighted by Gasteiger charge is -2.11. The van der Waals surface area contributed by atoms with E-state index in [1.165, 1.54) is 13.4 Å². The van der Waals surface area contributed by atoms with Crippen LogP contribution >= 0.6 is 11.6 Å². The molecule has 0 atom stereocenters. The van der Waals surface area contributed by atoms with Crippen molar-refractivity contribution in [3.8, 4) is 11.6 Å². The highest BCUT2D eigenvalue weighted by molar-refractivity contribution is 6.31. The van der Waals surface area contributed by atoms with Crippen LogP contribution in [0, 0.1) is 6.92 Å². The van der Waals surface area contributed by atoms with E-state index < -0.39 is 0 Å². The van der Waals surface area contributed by atoms with Gasteiger partial charge >= 0.3 is 0 Å². The first-order valence-electron chi connectivity index (χ1n) is 8.27. The normalized spacial score (nSPS) is 10.5. The van der Waals surface area contributed by atoms with Gasteiger partial charge in [-0.05, 0) is 31.2 Å². The van der Waals surface area contributed by atoms with E-state index >= 15 is 0 Å². The van der Waals surface area contributed by atoms with Crippen LogP contribution in [-0.4, -0.2) is 45.9 Å².